The lowest BCUT2D eigenvalue weighted by Crippen LogP contribution is -2.26. The summed E-state index contributed by atoms with van der Waals surface area (Å²) in [7, 11) is 0. The molecule has 0 atom stereocenters. The molecule has 0 bridgehead atoms. The average molecular weight is 373 g/mol. The van der Waals surface area contributed by atoms with Crippen molar-refractivity contribution < 1.29 is 14.5 Å². The highest BCUT2D eigenvalue weighted by Gasteiger charge is 2.25. The molecule has 1 heterocycles. The van der Waals surface area contributed by atoms with Gasteiger partial charge in [0, 0.05) is 0 Å². The van der Waals surface area contributed by atoms with Crippen molar-refractivity contribution in [3.8, 4) is 0 Å². The van der Waals surface area contributed by atoms with Gasteiger partial charge in [-0.05, 0) is 32.4 Å². The number of benzene rings is 1. The highest BCUT2D eigenvalue weighted by atomic mass is 127. The van der Waals surface area contributed by atoms with E-state index in [1.807, 2.05) is 38.1 Å². The van der Waals surface area contributed by atoms with E-state index in [4.69, 9.17) is 4.74 Å². The number of carbonyl (C=O) groups excluding carboxylic acids is 1. The molecule has 102 valence electrons. The van der Waals surface area contributed by atoms with Gasteiger partial charge in [-0.3, -0.25) is 4.79 Å². The molecule has 0 saturated heterocycles. The minimum absolute atomic E-state index is 0.159. The van der Waals surface area contributed by atoms with Crippen LogP contribution >= 0.6 is 22.6 Å². The smallest absolute Gasteiger partial charge is 0.321 e. The highest BCUT2D eigenvalue weighted by Crippen LogP contribution is 2.18. The van der Waals surface area contributed by atoms with Gasteiger partial charge in [0.05, 0.1) is 13.0 Å². The molecule has 2 N–H and O–H groups in total. The van der Waals surface area contributed by atoms with Crippen LogP contribution in [0.2, 0.25) is 0 Å². The van der Waals surface area contributed by atoms with Crippen LogP contribution in [0.15, 0.2) is 24.3 Å². The largest absolute Gasteiger partial charge is 0.465 e. The minimum atomic E-state index is -0.453. The van der Waals surface area contributed by atoms with E-state index in [0.717, 1.165) is 29.7 Å². The molecule has 2 rings (SSSR count). The number of aromatic amines is 2. The first-order valence-corrected chi connectivity index (χ1v) is 7.40. The average Bonchev–Trinajstić information content (AvgIpc) is 2.75. The fourth-order valence-corrected chi connectivity index (χ4v) is 1.92. The third-order valence-electron chi connectivity index (χ3n) is 2.79. The molecule has 0 spiro atoms. The van der Waals surface area contributed by atoms with Crippen molar-refractivity contribution in [3.05, 3.63) is 30.1 Å². The summed E-state index contributed by atoms with van der Waals surface area (Å²) in [4.78, 5) is 18.2. The van der Waals surface area contributed by atoms with E-state index in [-0.39, 0.29) is 5.97 Å². The van der Waals surface area contributed by atoms with Gasteiger partial charge in [0.2, 0.25) is 0 Å². The molecule has 0 saturated carbocycles. The van der Waals surface area contributed by atoms with Crippen LogP contribution < -0.4 is 4.98 Å². The highest BCUT2D eigenvalue weighted by molar-refractivity contribution is 14.1. The number of aromatic nitrogens is 2. The van der Waals surface area contributed by atoms with Crippen LogP contribution in [-0.4, -0.2) is 21.0 Å². The first kappa shape index (κ1) is 14.3. The summed E-state index contributed by atoms with van der Waals surface area (Å²) in [6.45, 7) is 4.15. The standard InChI is InChI=1S/C14H17IN2O2/c1-14(2,15)13(18)19-9-5-8-12-16-10-6-3-4-7-11(10)17-12/h3-4,6-7H,5,8-9H2,1-2H3,(H,16,17)/p+1. The summed E-state index contributed by atoms with van der Waals surface area (Å²) in [6.07, 6.45) is 1.64. The maximum atomic E-state index is 11.6. The lowest BCUT2D eigenvalue weighted by atomic mass is 10.2. The maximum Gasteiger partial charge on any atom is 0.321 e. The first-order chi connectivity index (χ1) is 8.97. The molecular formula is C14H18IN2O2+. The number of alkyl halides is 1. The number of ether oxygens (including phenoxy) is 1. The second-order valence-corrected chi connectivity index (χ2v) is 7.68. The number of esters is 1. The van der Waals surface area contributed by atoms with Crippen molar-refractivity contribution >= 4 is 39.6 Å². The number of aryl methyl sites for hydroxylation is 1. The molecule has 0 aliphatic carbocycles. The normalized spacial score (nSPS) is 11.7. The lowest BCUT2D eigenvalue weighted by Gasteiger charge is -2.14. The van der Waals surface area contributed by atoms with Crippen molar-refractivity contribution in [2.24, 2.45) is 0 Å². The Hall–Kier alpha value is -1.11. The number of rotatable bonds is 5. The minimum Gasteiger partial charge on any atom is -0.465 e. The zero-order valence-corrected chi connectivity index (χ0v) is 13.3. The van der Waals surface area contributed by atoms with Crippen LogP contribution in [0.25, 0.3) is 11.0 Å². The molecule has 0 fully saturated rings. The zero-order chi connectivity index (χ0) is 13.9. The monoisotopic (exact) mass is 373 g/mol. The van der Waals surface area contributed by atoms with E-state index in [2.05, 4.69) is 32.6 Å². The van der Waals surface area contributed by atoms with Crippen molar-refractivity contribution in [2.45, 2.75) is 30.1 Å². The molecule has 2 aromatic rings. The summed E-state index contributed by atoms with van der Waals surface area (Å²) < 4.78 is 4.77. The van der Waals surface area contributed by atoms with Gasteiger partial charge < -0.3 is 4.74 Å². The van der Waals surface area contributed by atoms with Gasteiger partial charge in [-0.2, -0.15) is 0 Å². The van der Waals surface area contributed by atoms with Gasteiger partial charge in [0.25, 0.3) is 5.82 Å². The van der Waals surface area contributed by atoms with E-state index in [9.17, 15) is 4.79 Å². The molecular weight excluding hydrogens is 355 g/mol. The lowest BCUT2D eigenvalue weighted by molar-refractivity contribution is -0.358. The number of H-pyrrole nitrogens is 2. The van der Waals surface area contributed by atoms with Crippen molar-refractivity contribution in [1.29, 1.82) is 0 Å². The summed E-state index contributed by atoms with van der Waals surface area (Å²) in [6, 6.07) is 8.07. The van der Waals surface area contributed by atoms with E-state index < -0.39 is 3.42 Å². The SMILES string of the molecule is CC(C)(I)C(=O)OCCCc1[nH]c2ccccc2[nH+]1. The number of halogens is 1. The van der Waals surface area contributed by atoms with E-state index >= 15 is 0 Å². The Kier molecular flexibility index (Phi) is 4.44. The van der Waals surface area contributed by atoms with Gasteiger partial charge in [-0.25, -0.2) is 9.97 Å². The Morgan fingerprint density at radius 2 is 2.16 bits per heavy atom. The van der Waals surface area contributed by atoms with Crippen LogP contribution in [-0.2, 0) is 16.0 Å². The Morgan fingerprint density at radius 1 is 1.42 bits per heavy atom. The van der Waals surface area contributed by atoms with Crippen LogP contribution in [0.3, 0.4) is 0 Å². The fraction of sp³-hybridized carbons (Fsp3) is 0.429. The van der Waals surface area contributed by atoms with Crippen LogP contribution in [0, 0.1) is 0 Å². The number of hydrogen-bond donors (Lipinski definition) is 1. The van der Waals surface area contributed by atoms with E-state index in [1.165, 1.54) is 0 Å². The Balaban J connectivity index is 1.81. The Morgan fingerprint density at radius 3 is 2.84 bits per heavy atom. The van der Waals surface area contributed by atoms with Gasteiger partial charge in [-0.1, -0.05) is 34.7 Å². The topological polar surface area (TPSA) is 56.2 Å². The molecule has 4 nitrogen and oxygen atoms in total. The maximum absolute atomic E-state index is 11.6. The number of para-hydroxylation sites is 2. The molecule has 0 amide bonds. The molecule has 5 heteroatoms. The summed E-state index contributed by atoms with van der Waals surface area (Å²) in [5.74, 6) is 0.903. The summed E-state index contributed by atoms with van der Waals surface area (Å²) in [5, 5.41) is 0. The van der Waals surface area contributed by atoms with Crippen LogP contribution in [0.1, 0.15) is 26.1 Å². The van der Waals surface area contributed by atoms with Crippen molar-refractivity contribution in [1.82, 2.24) is 4.98 Å². The predicted octanol–water partition coefficient (Wildman–Crippen LogP) is 2.67. The molecule has 0 aliphatic rings. The second-order valence-electron chi connectivity index (χ2n) is 4.99. The first-order valence-electron chi connectivity index (χ1n) is 6.32. The third-order valence-corrected chi connectivity index (χ3v) is 3.23. The molecule has 0 aliphatic heterocycles. The van der Waals surface area contributed by atoms with Crippen molar-refractivity contribution in [3.63, 3.8) is 0 Å². The van der Waals surface area contributed by atoms with Crippen LogP contribution in [0.4, 0.5) is 0 Å². The second kappa shape index (κ2) is 5.90. The van der Waals surface area contributed by atoms with Crippen LogP contribution in [0.5, 0.6) is 0 Å². The van der Waals surface area contributed by atoms with Gasteiger partial charge >= 0.3 is 5.97 Å². The molecule has 0 radical (unpaired) electrons. The zero-order valence-electron chi connectivity index (χ0n) is 11.1. The van der Waals surface area contributed by atoms with Gasteiger partial charge in [0.15, 0.2) is 11.0 Å². The Labute approximate surface area is 126 Å². The van der Waals surface area contributed by atoms with Crippen molar-refractivity contribution in [2.75, 3.05) is 6.61 Å². The number of hydrogen-bond acceptors (Lipinski definition) is 2. The number of imidazole rings is 1. The number of nitrogens with one attached hydrogen (secondary N) is 2. The predicted molar refractivity (Wildman–Crippen MR) is 82.2 cm³/mol. The quantitative estimate of drug-likeness (QED) is 0.379. The fourth-order valence-electron chi connectivity index (χ4n) is 1.77. The third kappa shape index (κ3) is 3.92. The Bertz CT molecular complexity index is 539. The summed E-state index contributed by atoms with van der Waals surface area (Å²) >= 11 is 2.09. The van der Waals surface area contributed by atoms with E-state index in [0.29, 0.717) is 6.61 Å². The van der Waals surface area contributed by atoms with E-state index in [1.54, 1.807) is 0 Å². The molecule has 0 unspecified atom stereocenters. The van der Waals surface area contributed by atoms with Gasteiger partial charge in [-0.15, -0.1) is 0 Å². The molecule has 1 aromatic heterocycles. The number of carbonyl (C=O) groups is 1. The number of fused-ring (bicyclic) bond motifs is 1. The summed E-state index contributed by atoms with van der Waals surface area (Å²) in [5.41, 5.74) is 2.20. The molecule has 1 aromatic carbocycles. The molecule has 19 heavy (non-hydrogen) atoms. The van der Waals surface area contributed by atoms with Gasteiger partial charge in [0.1, 0.15) is 3.42 Å².